The van der Waals surface area contributed by atoms with Crippen LogP contribution in [-0.4, -0.2) is 35.6 Å². The van der Waals surface area contributed by atoms with E-state index in [4.69, 9.17) is 0 Å². The fourth-order valence-electron chi connectivity index (χ4n) is 3.61. The van der Waals surface area contributed by atoms with Crippen LogP contribution in [0.5, 0.6) is 0 Å². The van der Waals surface area contributed by atoms with E-state index in [9.17, 15) is 5.26 Å². The molecule has 3 aliphatic rings. The van der Waals surface area contributed by atoms with Crippen LogP contribution in [0.4, 0.5) is 0 Å². The molecule has 3 nitrogen and oxygen atoms in total. The maximum absolute atomic E-state index is 9.65. The summed E-state index contributed by atoms with van der Waals surface area (Å²) in [4.78, 5) is 2.65. The first-order valence-electron chi connectivity index (χ1n) is 8.17. The minimum Gasteiger partial charge on any atom is -0.300 e. The third kappa shape index (κ3) is 3.30. The molecule has 0 aromatic rings. The van der Waals surface area contributed by atoms with Crippen LogP contribution in [0.3, 0.4) is 0 Å². The van der Waals surface area contributed by atoms with Gasteiger partial charge in [-0.2, -0.15) is 5.26 Å². The maximum atomic E-state index is 9.65. The second-order valence-electron chi connectivity index (χ2n) is 6.89. The van der Waals surface area contributed by atoms with Gasteiger partial charge in [-0.25, -0.2) is 0 Å². The number of rotatable bonds is 6. The first kappa shape index (κ1) is 13.4. The van der Waals surface area contributed by atoms with Gasteiger partial charge in [-0.3, -0.25) is 5.32 Å². The van der Waals surface area contributed by atoms with Crippen LogP contribution in [0.1, 0.15) is 58.3 Å². The average Bonchev–Trinajstić information content (AvgIpc) is 3.32. The van der Waals surface area contributed by atoms with Crippen molar-refractivity contribution in [2.75, 3.05) is 13.1 Å². The molecule has 3 heteroatoms. The summed E-state index contributed by atoms with van der Waals surface area (Å²) in [5, 5.41) is 13.3. The Morgan fingerprint density at radius 3 is 2.63 bits per heavy atom. The van der Waals surface area contributed by atoms with Crippen LogP contribution in [-0.2, 0) is 0 Å². The third-order valence-corrected chi connectivity index (χ3v) is 5.11. The Kier molecular flexibility index (Phi) is 3.82. The number of hydrogen-bond donors (Lipinski definition) is 1. The monoisotopic (exact) mass is 261 g/mol. The zero-order valence-corrected chi connectivity index (χ0v) is 12.2. The molecular formula is C16H27N3. The van der Waals surface area contributed by atoms with E-state index in [0.717, 1.165) is 25.3 Å². The highest BCUT2D eigenvalue weighted by molar-refractivity contribution is 5.13. The molecule has 3 saturated carbocycles. The van der Waals surface area contributed by atoms with E-state index in [2.05, 4.69) is 23.2 Å². The van der Waals surface area contributed by atoms with Gasteiger partial charge in [0.25, 0.3) is 0 Å². The van der Waals surface area contributed by atoms with E-state index in [-0.39, 0.29) is 5.54 Å². The van der Waals surface area contributed by atoms with E-state index in [1.807, 2.05) is 0 Å². The Balaban J connectivity index is 1.62. The molecule has 3 fully saturated rings. The molecule has 0 spiro atoms. The molecule has 106 valence electrons. The summed E-state index contributed by atoms with van der Waals surface area (Å²) in [6.07, 6.45) is 9.98. The van der Waals surface area contributed by atoms with Gasteiger partial charge in [0.05, 0.1) is 6.07 Å². The molecule has 0 aliphatic heterocycles. The van der Waals surface area contributed by atoms with Gasteiger partial charge in [-0.15, -0.1) is 0 Å². The van der Waals surface area contributed by atoms with Crippen molar-refractivity contribution in [3.05, 3.63) is 0 Å². The summed E-state index contributed by atoms with van der Waals surface area (Å²) < 4.78 is 0. The van der Waals surface area contributed by atoms with Crippen molar-refractivity contribution in [3.63, 3.8) is 0 Å². The number of hydrogen-bond acceptors (Lipinski definition) is 3. The first-order valence-corrected chi connectivity index (χ1v) is 8.17. The van der Waals surface area contributed by atoms with Gasteiger partial charge in [0.1, 0.15) is 5.54 Å². The van der Waals surface area contributed by atoms with Gasteiger partial charge in [-0.1, -0.05) is 6.92 Å². The average molecular weight is 261 g/mol. The summed E-state index contributed by atoms with van der Waals surface area (Å²) >= 11 is 0. The van der Waals surface area contributed by atoms with Gasteiger partial charge in [0.2, 0.25) is 0 Å². The van der Waals surface area contributed by atoms with Crippen LogP contribution in [0, 0.1) is 17.2 Å². The molecule has 3 aliphatic carbocycles. The topological polar surface area (TPSA) is 39.1 Å². The standard InChI is InChI=1S/C16H27N3/c1-2-19(11-13-5-6-13)15-4-3-9-16(10-15,12-17)18-14-7-8-14/h13-15,18H,2-11H2,1H3. The van der Waals surface area contributed by atoms with Crippen molar-refractivity contribution >= 4 is 0 Å². The summed E-state index contributed by atoms with van der Waals surface area (Å²) in [7, 11) is 0. The second-order valence-corrected chi connectivity index (χ2v) is 6.89. The molecular weight excluding hydrogens is 234 g/mol. The molecule has 0 aromatic carbocycles. The van der Waals surface area contributed by atoms with Crippen molar-refractivity contribution in [2.45, 2.75) is 75.9 Å². The lowest BCUT2D eigenvalue weighted by atomic mass is 9.79. The lowest BCUT2D eigenvalue weighted by Crippen LogP contribution is -2.53. The Morgan fingerprint density at radius 2 is 2.05 bits per heavy atom. The Morgan fingerprint density at radius 1 is 1.26 bits per heavy atom. The maximum Gasteiger partial charge on any atom is 0.108 e. The second kappa shape index (κ2) is 5.42. The van der Waals surface area contributed by atoms with Crippen LogP contribution in [0.2, 0.25) is 0 Å². The van der Waals surface area contributed by atoms with Crippen LogP contribution in [0.25, 0.3) is 0 Å². The van der Waals surface area contributed by atoms with Gasteiger partial charge in [0, 0.05) is 18.6 Å². The van der Waals surface area contributed by atoms with E-state index in [0.29, 0.717) is 12.1 Å². The highest BCUT2D eigenvalue weighted by Crippen LogP contribution is 2.36. The SMILES string of the molecule is CCN(CC1CC1)C1CCCC(C#N)(NC2CC2)C1. The minimum absolute atomic E-state index is 0.221. The lowest BCUT2D eigenvalue weighted by Gasteiger charge is -2.41. The van der Waals surface area contributed by atoms with Gasteiger partial charge in [-0.05, 0) is 63.8 Å². The zero-order chi connectivity index (χ0) is 13.3. The first-order chi connectivity index (χ1) is 9.24. The molecule has 2 atom stereocenters. The normalized spacial score (nSPS) is 35.3. The van der Waals surface area contributed by atoms with Crippen molar-refractivity contribution < 1.29 is 0 Å². The molecule has 0 radical (unpaired) electrons. The summed E-state index contributed by atoms with van der Waals surface area (Å²) in [5.41, 5.74) is -0.221. The van der Waals surface area contributed by atoms with Crippen molar-refractivity contribution in [2.24, 2.45) is 5.92 Å². The van der Waals surface area contributed by atoms with Gasteiger partial charge in [0.15, 0.2) is 0 Å². The fourth-order valence-corrected chi connectivity index (χ4v) is 3.61. The van der Waals surface area contributed by atoms with Gasteiger partial charge < -0.3 is 4.90 Å². The molecule has 0 heterocycles. The molecule has 19 heavy (non-hydrogen) atoms. The summed E-state index contributed by atoms with van der Waals surface area (Å²) in [6.45, 7) is 4.69. The predicted octanol–water partition coefficient (Wildman–Crippen LogP) is 2.68. The van der Waals surface area contributed by atoms with Crippen molar-refractivity contribution in [1.82, 2.24) is 10.2 Å². The Labute approximate surface area is 117 Å². The smallest absolute Gasteiger partial charge is 0.108 e. The van der Waals surface area contributed by atoms with Crippen molar-refractivity contribution in [3.8, 4) is 6.07 Å². The third-order valence-electron chi connectivity index (χ3n) is 5.11. The Hall–Kier alpha value is -0.590. The molecule has 1 N–H and O–H groups in total. The zero-order valence-electron chi connectivity index (χ0n) is 12.2. The van der Waals surface area contributed by atoms with Crippen molar-refractivity contribution in [1.29, 1.82) is 5.26 Å². The number of nitrogens with one attached hydrogen (secondary N) is 1. The van der Waals surface area contributed by atoms with Crippen LogP contribution in [0.15, 0.2) is 0 Å². The fraction of sp³-hybridized carbons (Fsp3) is 0.938. The van der Waals surface area contributed by atoms with Crippen LogP contribution < -0.4 is 5.32 Å². The minimum atomic E-state index is -0.221. The highest BCUT2D eigenvalue weighted by atomic mass is 15.2. The lowest BCUT2D eigenvalue weighted by molar-refractivity contribution is 0.119. The molecule has 3 rings (SSSR count). The molecule has 0 saturated heterocycles. The van der Waals surface area contributed by atoms with Gasteiger partial charge >= 0.3 is 0 Å². The van der Waals surface area contributed by atoms with E-state index in [1.165, 1.54) is 45.1 Å². The predicted molar refractivity (Wildman–Crippen MR) is 76.7 cm³/mol. The Bertz CT molecular complexity index is 353. The van der Waals surface area contributed by atoms with E-state index in [1.54, 1.807) is 0 Å². The number of nitrogens with zero attached hydrogens (tertiary/aromatic N) is 2. The highest BCUT2D eigenvalue weighted by Gasteiger charge is 2.42. The quantitative estimate of drug-likeness (QED) is 0.799. The molecule has 0 aromatic heterocycles. The molecule has 0 bridgehead atoms. The van der Waals surface area contributed by atoms with Crippen LogP contribution >= 0.6 is 0 Å². The summed E-state index contributed by atoms with van der Waals surface area (Å²) in [6, 6.07) is 3.89. The molecule has 2 unspecified atom stereocenters. The summed E-state index contributed by atoms with van der Waals surface area (Å²) in [5.74, 6) is 0.953. The van der Waals surface area contributed by atoms with E-state index < -0.39 is 0 Å². The largest absolute Gasteiger partial charge is 0.300 e. The van der Waals surface area contributed by atoms with E-state index >= 15 is 0 Å². The molecule has 0 amide bonds. The number of nitriles is 1.